The number of benzene rings is 1. The van der Waals surface area contributed by atoms with Crippen molar-refractivity contribution in [3.05, 3.63) is 52.8 Å². The molecule has 3 rings (SSSR count). The number of hydrogen-bond donors (Lipinski definition) is 2. The van der Waals surface area contributed by atoms with Crippen LogP contribution in [-0.2, 0) is 0 Å². The summed E-state index contributed by atoms with van der Waals surface area (Å²) in [6.07, 6.45) is 0. The first-order valence-corrected chi connectivity index (χ1v) is 9.08. The second kappa shape index (κ2) is 7.94. The monoisotopic (exact) mass is 371 g/mol. The number of nitrogens with zero attached hydrogens (tertiary/aromatic N) is 3. The molecule has 1 amide bonds. The third kappa shape index (κ3) is 3.74. The Morgan fingerprint density at radius 3 is 2.30 bits per heavy atom. The molecule has 1 aromatic heterocycles. The molecule has 0 saturated carbocycles. The van der Waals surface area contributed by atoms with Gasteiger partial charge in [0, 0.05) is 44.1 Å². The minimum Gasteiger partial charge on any atom is -0.478 e. The van der Waals surface area contributed by atoms with E-state index in [-0.39, 0.29) is 18.1 Å². The van der Waals surface area contributed by atoms with Gasteiger partial charge in [0.15, 0.2) is 0 Å². The zero-order valence-corrected chi connectivity index (χ0v) is 15.7. The first-order valence-electron chi connectivity index (χ1n) is 9.08. The van der Waals surface area contributed by atoms with Crippen LogP contribution in [0.4, 0.5) is 0 Å². The number of rotatable bonds is 5. The number of aromatic carboxylic acids is 1. The number of piperazine rings is 1. The van der Waals surface area contributed by atoms with E-state index in [1.54, 1.807) is 19.1 Å². The average molecular weight is 371 g/mol. The normalized spacial score (nSPS) is 15.1. The fraction of sp³-hybridized carbons (Fsp3) is 0.400. The number of aliphatic hydroxyl groups excluding tert-OH is 1. The van der Waals surface area contributed by atoms with Crippen molar-refractivity contribution < 1.29 is 19.8 Å². The molecule has 0 aliphatic carbocycles. The molecule has 0 unspecified atom stereocenters. The predicted molar refractivity (Wildman–Crippen MR) is 102 cm³/mol. The summed E-state index contributed by atoms with van der Waals surface area (Å²) in [4.78, 5) is 28.6. The van der Waals surface area contributed by atoms with Crippen molar-refractivity contribution in [2.45, 2.75) is 13.8 Å². The number of carboxylic acids is 1. The molecule has 27 heavy (non-hydrogen) atoms. The molecule has 0 radical (unpaired) electrons. The van der Waals surface area contributed by atoms with Gasteiger partial charge in [0.25, 0.3) is 5.91 Å². The molecule has 144 valence electrons. The number of aromatic nitrogens is 1. The van der Waals surface area contributed by atoms with E-state index in [4.69, 9.17) is 5.11 Å². The van der Waals surface area contributed by atoms with E-state index in [2.05, 4.69) is 4.90 Å². The minimum atomic E-state index is -0.974. The number of aliphatic hydroxyl groups is 1. The van der Waals surface area contributed by atoms with E-state index in [9.17, 15) is 14.7 Å². The maximum Gasteiger partial charge on any atom is 0.337 e. The summed E-state index contributed by atoms with van der Waals surface area (Å²) in [6.45, 7) is 7.03. The number of carbonyl (C=O) groups excluding carboxylic acids is 1. The first kappa shape index (κ1) is 19.1. The third-order valence-corrected chi connectivity index (χ3v) is 5.11. The van der Waals surface area contributed by atoms with Gasteiger partial charge in [-0.1, -0.05) is 12.1 Å². The Hall–Kier alpha value is -2.64. The largest absolute Gasteiger partial charge is 0.478 e. The zero-order chi connectivity index (χ0) is 19.6. The van der Waals surface area contributed by atoms with Crippen LogP contribution in [0.25, 0.3) is 5.69 Å². The van der Waals surface area contributed by atoms with Gasteiger partial charge in [-0.3, -0.25) is 9.69 Å². The van der Waals surface area contributed by atoms with Gasteiger partial charge in [0.2, 0.25) is 0 Å². The van der Waals surface area contributed by atoms with Crippen LogP contribution < -0.4 is 0 Å². The van der Waals surface area contributed by atoms with E-state index in [1.165, 1.54) is 0 Å². The summed E-state index contributed by atoms with van der Waals surface area (Å²) < 4.78 is 1.83. The molecule has 0 atom stereocenters. The highest BCUT2D eigenvalue weighted by atomic mass is 16.4. The number of aryl methyl sites for hydroxylation is 1. The van der Waals surface area contributed by atoms with Crippen molar-refractivity contribution in [1.29, 1.82) is 0 Å². The van der Waals surface area contributed by atoms with Crippen molar-refractivity contribution in [2.24, 2.45) is 0 Å². The molecular formula is C20H25N3O4. The van der Waals surface area contributed by atoms with Gasteiger partial charge in [-0.05, 0) is 32.0 Å². The standard InChI is InChI=1S/C20H25N3O4/c1-14-13-17(20(26)27)15(2)23(14)18-6-4-3-5-16(18)19(25)22-9-7-21(8-10-22)11-12-24/h3-6,13,24H,7-12H2,1-2H3,(H,26,27). The Balaban J connectivity index is 1.92. The van der Waals surface area contributed by atoms with Gasteiger partial charge < -0.3 is 19.7 Å². The SMILES string of the molecule is Cc1cc(C(=O)O)c(C)n1-c1ccccc1C(=O)N1CCN(CCO)CC1. The van der Waals surface area contributed by atoms with E-state index in [1.807, 2.05) is 34.6 Å². The minimum absolute atomic E-state index is 0.0568. The lowest BCUT2D eigenvalue weighted by Crippen LogP contribution is -2.49. The van der Waals surface area contributed by atoms with Crippen LogP contribution in [0, 0.1) is 13.8 Å². The van der Waals surface area contributed by atoms with Crippen molar-refractivity contribution in [1.82, 2.24) is 14.4 Å². The van der Waals surface area contributed by atoms with Crippen molar-refractivity contribution in [3.8, 4) is 5.69 Å². The zero-order valence-electron chi connectivity index (χ0n) is 15.7. The number of carbonyl (C=O) groups is 2. The number of carboxylic acid groups (broad SMARTS) is 1. The van der Waals surface area contributed by atoms with Gasteiger partial charge in [-0.25, -0.2) is 4.79 Å². The van der Waals surface area contributed by atoms with Gasteiger partial charge in [0.05, 0.1) is 23.4 Å². The molecule has 7 heteroatoms. The van der Waals surface area contributed by atoms with Crippen molar-refractivity contribution in [2.75, 3.05) is 39.3 Å². The van der Waals surface area contributed by atoms with Crippen LogP contribution in [0.1, 0.15) is 32.1 Å². The van der Waals surface area contributed by atoms with Crippen LogP contribution in [-0.4, -0.2) is 75.8 Å². The Morgan fingerprint density at radius 1 is 1.04 bits per heavy atom. The van der Waals surface area contributed by atoms with Gasteiger partial charge in [-0.15, -0.1) is 0 Å². The molecule has 7 nitrogen and oxygen atoms in total. The van der Waals surface area contributed by atoms with Gasteiger partial charge in [-0.2, -0.15) is 0 Å². The topological polar surface area (TPSA) is 86.0 Å². The highest BCUT2D eigenvalue weighted by Crippen LogP contribution is 2.25. The summed E-state index contributed by atoms with van der Waals surface area (Å²) in [5.74, 6) is -1.03. The lowest BCUT2D eigenvalue weighted by atomic mass is 10.1. The molecule has 0 spiro atoms. The molecular weight excluding hydrogens is 346 g/mol. The fourth-order valence-corrected chi connectivity index (χ4v) is 3.69. The summed E-state index contributed by atoms with van der Waals surface area (Å²) in [6, 6.07) is 8.94. The molecule has 1 saturated heterocycles. The molecule has 1 fully saturated rings. The summed E-state index contributed by atoms with van der Waals surface area (Å²) >= 11 is 0. The summed E-state index contributed by atoms with van der Waals surface area (Å²) in [5.41, 5.74) is 2.88. The summed E-state index contributed by atoms with van der Waals surface area (Å²) in [5, 5.41) is 18.5. The highest BCUT2D eigenvalue weighted by molar-refractivity contribution is 5.98. The van der Waals surface area contributed by atoms with Crippen LogP contribution in [0.2, 0.25) is 0 Å². The van der Waals surface area contributed by atoms with Crippen molar-refractivity contribution in [3.63, 3.8) is 0 Å². The van der Waals surface area contributed by atoms with Crippen LogP contribution >= 0.6 is 0 Å². The highest BCUT2D eigenvalue weighted by Gasteiger charge is 2.25. The second-order valence-corrected chi connectivity index (χ2v) is 6.80. The van der Waals surface area contributed by atoms with E-state index >= 15 is 0 Å². The smallest absolute Gasteiger partial charge is 0.337 e. The van der Waals surface area contributed by atoms with Gasteiger partial charge >= 0.3 is 5.97 Å². The molecule has 1 aliphatic heterocycles. The Morgan fingerprint density at radius 2 is 1.70 bits per heavy atom. The first-order chi connectivity index (χ1) is 12.9. The Kier molecular flexibility index (Phi) is 5.62. The predicted octanol–water partition coefficient (Wildman–Crippen LogP) is 1.54. The quantitative estimate of drug-likeness (QED) is 0.833. The molecule has 2 aromatic rings. The third-order valence-electron chi connectivity index (χ3n) is 5.11. The van der Waals surface area contributed by atoms with Gasteiger partial charge in [0.1, 0.15) is 0 Å². The Labute approximate surface area is 158 Å². The van der Waals surface area contributed by atoms with E-state index in [0.29, 0.717) is 36.6 Å². The lowest BCUT2D eigenvalue weighted by Gasteiger charge is -2.34. The molecule has 0 bridgehead atoms. The molecule has 1 aromatic carbocycles. The van der Waals surface area contributed by atoms with Crippen LogP contribution in [0.5, 0.6) is 0 Å². The van der Waals surface area contributed by atoms with E-state index in [0.717, 1.165) is 18.8 Å². The Bertz CT molecular complexity index is 851. The number of para-hydroxylation sites is 1. The maximum absolute atomic E-state index is 13.2. The van der Waals surface area contributed by atoms with Crippen molar-refractivity contribution >= 4 is 11.9 Å². The average Bonchev–Trinajstić information content (AvgIpc) is 2.96. The van der Waals surface area contributed by atoms with E-state index < -0.39 is 5.97 Å². The number of amides is 1. The fourth-order valence-electron chi connectivity index (χ4n) is 3.69. The number of β-amino-alcohol motifs (C(OH)–C–C–N with tert-alkyl or cyclic N) is 1. The lowest BCUT2D eigenvalue weighted by molar-refractivity contribution is 0.0614. The molecule has 1 aliphatic rings. The summed E-state index contributed by atoms with van der Waals surface area (Å²) in [7, 11) is 0. The maximum atomic E-state index is 13.2. The molecule has 2 N–H and O–H groups in total. The van der Waals surface area contributed by atoms with Crippen LogP contribution in [0.15, 0.2) is 30.3 Å². The van der Waals surface area contributed by atoms with Crippen LogP contribution in [0.3, 0.4) is 0 Å². The number of hydrogen-bond acceptors (Lipinski definition) is 4. The second-order valence-electron chi connectivity index (χ2n) is 6.80. The molecule has 2 heterocycles.